The number of nitrogens with one attached hydrogen (secondary N) is 1. The minimum absolute atomic E-state index is 0.0448. The molecular weight excluding hydrogens is 318 g/mol. The van der Waals surface area contributed by atoms with Gasteiger partial charge < -0.3 is 14.8 Å². The third kappa shape index (κ3) is 4.85. The number of ether oxygens (including phenoxy) is 2. The van der Waals surface area contributed by atoms with Crippen LogP contribution in [0.3, 0.4) is 0 Å². The van der Waals surface area contributed by atoms with Crippen molar-refractivity contribution >= 4 is 17.7 Å². The first kappa shape index (κ1) is 17.6. The van der Waals surface area contributed by atoms with E-state index in [-0.39, 0.29) is 12.2 Å². The lowest BCUT2D eigenvalue weighted by Gasteiger charge is -2.09. The number of hydrogen-bond acceptors (Lipinski definition) is 5. The Labute approximate surface area is 145 Å². The molecule has 0 heterocycles. The van der Waals surface area contributed by atoms with E-state index < -0.39 is 5.91 Å². The van der Waals surface area contributed by atoms with Crippen LogP contribution in [-0.4, -0.2) is 19.6 Å². The fourth-order valence-electron chi connectivity index (χ4n) is 2.04. The molecule has 6 nitrogen and oxygen atoms in total. The van der Waals surface area contributed by atoms with Crippen molar-refractivity contribution < 1.29 is 14.3 Å². The molecule has 0 unspecified atom stereocenters. The van der Waals surface area contributed by atoms with Gasteiger partial charge in [0.1, 0.15) is 17.7 Å². The molecule has 0 aliphatic carbocycles. The fraction of sp³-hybridized carbons (Fsp3) is 0.105. The maximum atomic E-state index is 12.2. The molecule has 1 amide bonds. The predicted molar refractivity (Wildman–Crippen MR) is 92.8 cm³/mol. The van der Waals surface area contributed by atoms with Crippen molar-refractivity contribution in [1.82, 2.24) is 0 Å². The molecule has 0 fully saturated rings. The van der Waals surface area contributed by atoms with Crippen LogP contribution in [0, 0.1) is 22.7 Å². The number of nitrogens with zero attached hydrogens (tertiary/aromatic N) is 2. The molecule has 2 rings (SSSR count). The average molecular weight is 333 g/mol. The summed E-state index contributed by atoms with van der Waals surface area (Å²) in [6.45, 7) is -0.103. The maximum absolute atomic E-state index is 12.2. The Morgan fingerprint density at radius 3 is 2.56 bits per heavy atom. The highest BCUT2D eigenvalue weighted by Crippen LogP contribution is 2.29. The van der Waals surface area contributed by atoms with E-state index in [2.05, 4.69) is 5.32 Å². The van der Waals surface area contributed by atoms with Gasteiger partial charge in [-0.1, -0.05) is 24.3 Å². The van der Waals surface area contributed by atoms with Gasteiger partial charge in [0.15, 0.2) is 18.1 Å². The van der Waals surface area contributed by atoms with Crippen LogP contribution >= 0.6 is 0 Å². The fourth-order valence-corrected chi connectivity index (χ4v) is 2.04. The molecule has 0 aromatic heterocycles. The monoisotopic (exact) mass is 333 g/mol. The second kappa shape index (κ2) is 8.76. The quantitative estimate of drug-likeness (QED) is 0.647. The molecule has 0 aliphatic rings. The summed E-state index contributed by atoms with van der Waals surface area (Å²) in [7, 11) is 1.47. The molecule has 0 spiro atoms. The SMILES string of the molecule is COc1cc(/C=C(\C#N)C(=O)Nc2ccccc2)ccc1OCC#N. The Morgan fingerprint density at radius 2 is 1.92 bits per heavy atom. The molecule has 0 bridgehead atoms. The van der Waals surface area contributed by atoms with Gasteiger partial charge in [0.25, 0.3) is 5.91 Å². The third-order valence-electron chi connectivity index (χ3n) is 3.19. The lowest BCUT2D eigenvalue weighted by molar-refractivity contribution is -0.112. The summed E-state index contributed by atoms with van der Waals surface area (Å²) in [6, 6.07) is 17.6. The Kier molecular flexibility index (Phi) is 6.16. The van der Waals surface area contributed by atoms with Crippen LogP contribution in [0.5, 0.6) is 11.5 Å². The number of amides is 1. The lowest BCUT2D eigenvalue weighted by Crippen LogP contribution is -2.13. The Balaban J connectivity index is 2.22. The molecular formula is C19H15N3O3. The van der Waals surface area contributed by atoms with Crippen molar-refractivity contribution in [1.29, 1.82) is 10.5 Å². The summed E-state index contributed by atoms with van der Waals surface area (Å²) in [4.78, 5) is 12.2. The number of benzene rings is 2. The average Bonchev–Trinajstić information content (AvgIpc) is 2.65. The zero-order valence-electron chi connectivity index (χ0n) is 13.5. The van der Waals surface area contributed by atoms with E-state index in [4.69, 9.17) is 14.7 Å². The van der Waals surface area contributed by atoms with E-state index in [9.17, 15) is 10.1 Å². The van der Waals surface area contributed by atoms with E-state index in [0.717, 1.165) is 0 Å². The largest absolute Gasteiger partial charge is 0.493 e. The summed E-state index contributed by atoms with van der Waals surface area (Å²) >= 11 is 0. The number of para-hydroxylation sites is 1. The van der Waals surface area contributed by atoms with Crippen LogP contribution in [0.2, 0.25) is 0 Å². The van der Waals surface area contributed by atoms with E-state index in [1.807, 2.05) is 18.2 Å². The van der Waals surface area contributed by atoms with E-state index >= 15 is 0 Å². The van der Waals surface area contributed by atoms with Gasteiger partial charge in [0.2, 0.25) is 0 Å². The molecule has 2 aromatic rings. The van der Waals surface area contributed by atoms with Crippen LogP contribution in [0.15, 0.2) is 54.1 Å². The number of carbonyl (C=O) groups is 1. The van der Waals surface area contributed by atoms with E-state index in [1.54, 1.807) is 42.5 Å². The number of anilines is 1. The van der Waals surface area contributed by atoms with Crippen LogP contribution in [0.4, 0.5) is 5.69 Å². The van der Waals surface area contributed by atoms with Crippen molar-refractivity contribution in [3.8, 4) is 23.6 Å². The molecule has 0 saturated heterocycles. The predicted octanol–water partition coefficient (Wildman–Crippen LogP) is 3.14. The highest BCUT2D eigenvalue weighted by molar-refractivity contribution is 6.09. The van der Waals surface area contributed by atoms with Crippen LogP contribution < -0.4 is 14.8 Å². The summed E-state index contributed by atoms with van der Waals surface area (Å²) < 4.78 is 10.4. The smallest absolute Gasteiger partial charge is 0.266 e. The Bertz CT molecular complexity index is 862. The number of methoxy groups -OCH3 is 1. The molecule has 6 heteroatoms. The number of carbonyl (C=O) groups excluding carboxylic acids is 1. The van der Waals surface area contributed by atoms with E-state index in [1.165, 1.54) is 13.2 Å². The molecule has 0 saturated carbocycles. The van der Waals surface area contributed by atoms with Gasteiger partial charge in [0.05, 0.1) is 7.11 Å². The molecule has 25 heavy (non-hydrogen) atoms. The lowest BCUT2D eigenvalue weighted by atomic mass is 10.1. The van der Waals surface area contributed by atoms with Gasteiger partial charge in [-0.2, -0.15) is 10.5 Å². The normalized spacial score (nSPS) is 10.3. The van der Waals surface area contributed by atoms with Crippen molar-refractivity contribution in [3.05, 3.63) is 59.7 Å². The van der Waals surface area contributed by atoms with Crippen molar-refractivity contribution in [2.75, 3.05) is 19.0 Å². The Morgan fingerprint density at radius 1 is 1.16 bits per heavy atom. The maximum Gasteiger partial charge on any atom is 0.266 e. The van der Waals surface area contributed by atoms with Crippen molar-refractivity contribution in [2.24, 2.45) is 0 Å². The first-order valence-electron chi connectivity index (χ1n) is 7.34. The molecule has 0 radical (unpaired) electrons. The van der Waals surface area contributed by atoms with Crippen LogP contribution in [-0.2, 0) is 4.79 Å². The minimum atomic E-state index is -0.502. The van der Waals surface area contributed by atoms with Gasteiger partial charge >= 0.3 is 0 Å². The molecule has 2 aromatic carbocycles. The van der Waals surface area contributed by atoms with Gasteiger partial charge in [-0.25, -0.2) is 0 Å². The zero-order chi connectivity index (χ0) is 18.1. The number of nitriles is 2. The standard InChI is InChI=1S/C19H15N3O3/c1-24-18-12-14(7-8-17(18)25-10-9-20)11-15(13-21)19(23)22-16-5-3-2-4-6-16/h2-8,11-12H,10H2,1H3,(H,22,23)/b15-11+. The van der Waals surface area contributed by atoms with Gasteiger partial charge in [-0.15, -0.1) is 0 Å². The highest BCUT2D eigenvalue weighted by atomic mass is 16.5. The number of hydrogen-bond donors (Lipinski definition) is 1. The van der Waals surface area contributed by atoms with Crippen molar-refractivity contribution in [2.45, 2.75) is 0 Å². The summed E-state index contributed by atoms with van der Waals surface area (Å²) in [6.07, 6.45) is 1.45. The summed E-state index contributed by atoms with van der Waals surface area (Å²) in [5.41, 5.74) is 1.16. The second-order valence-corrected chi connectivity index (χ2v) is 4.85. The van der Waals surface area contributed by atoms with Gasteiger partial charge in [-0.3, -0.25) is 4.79 Å². The topological polar surface area (TPSA) is 95.1 Å². The molecule has 1 N–H and O–H groups in total. The van der Waals surface area contributed by atoms with Crippen LogP contribution in [0.1, 0.15) is 5.56 Å². The second-order valence-electron chi connectivity index (χ2n) is 4.85. The summed E-state index contributed by atoms with van der Waals surface area (Å²) in [5.74, 6) is 0.315. The first-order chi connectivity index (χ1) is 12.2. The van der Waals surface area contributed by atoms with Gasteiger partial charge in [-0.05, 0) is 35.9 Å². The molecule has 0 atom stereocenters. The van der Waals surface area contributed by atoms with E-state index in [0.29, 0.717) is 22.7 Å². The van der Waals surface area contributed by atoms with Crippen molar-refractivity contribution in [3.63, 3.8) is 0 Å². The van der Waals surface area contributed by atoms with Gasteiger partial charge in [0, 0.05) is 5.69 Å². The molecule has 124 valence electrons. The highest BCUT2D eigenvalue weighted by Gasteiger charge is 2.11. The zero-order valence-corrected chi connectivity index (χ0v) is 13.5. The Hall–Kier alpha value is -3.77. The summed E-state index contributed by atoms with van der Waals surface area (Å²) in [5, 5.41) is 20.5. The third-order valence-corrected chi connectivity index (χ3v) is 3.19. The minimum Gasteiger partial charge on any atom is -0.493 e. The number of rotatable bonds is 6. The van der Waals surface area contributed by atoms with Crippen LogP contribution in [0.25, 0.3) is 6.08 Å². The first-order valence-corrected chi connectivity index (χ1v) is 7.34. The molecule has 0 aliphatic heterocycles.